The maximum atomic E-state index is 12.2. The van der Waals surface area contributed by atoms with Crippen molar-refractivity contribution < 1.29 is 14.3 Å². The molecule has 0 aromatic heterocycles. The van der Waals surface area contributed by atoms with Crippen LogP contribution in [0.1, 0.15) is 13.3 Å². The van der Waals surface area contributed by atoms with Gasteiger partial charge in [-0.1, -0.05) is 0 Å². The Bertz CT molecular complexity index is 270. The molecule has 0 radical (unpaired) electrons. The number of amides is 1. The number of nitrogens with one attached hydrogen (secondary N) is 1. The molecule has 0 bridgehead atoms. The highest BCUT2D eigenvalue weighted by molar-refractivity contribution is 5.76. The highest BCUT2D eigenvalue weighted by atomic mass is 16.5. The van der Waals surface area contributed by atoms with Gasteiger partial charge in [0.05, 0.1) is 13.2 Å². The maximum Gasteiger partial charge on any atom is 0.223 e. The fraction of sp³-hybridized carbons (Fsp3) is 0.929. The summed E-state index contributed by atoms with van der Waals surface area (Å²) in [4.78, 5) is 16.4. The van der Waals surface area contributed by atoms with E-state index in [1.807, 2.05) is 4.90 Å². The van der Waals surface area contributed by atoms with Crippen LogP contribution in [0, 0.1) is 0 Å². The molecule has 0 aromatic carbocycles. The van der Waals surface area contributed by atoms with Gasteiger partial charge in [-0.3, -0.25) is 9.69 Å². The standard InChI is InChI=1S/C14H29N3O3/c1-13(12-20-3)16(10-11-19-2)7-4-14(18)17-8-5-15-6-9-17/h13,15H,4-12H2,1-3H3. The number of methoxy groups -OCH3 is 2. The Morgan fingerprint density at radius 3 is 2.55 bits per heavy atom. The van der Waals surface area contributed by atoms with E-state index in [2.05, 4.69) is 17.1 Å². The van der Waals surface area contributed by atoms with E-state index in [-0.39, 0.29) is 5.91 Å². The second kappa shape index (κ2) is 10.1. The molecule has 1 saturated heterocycles. The molecule has 20 heavy (non-hydrogen) atoms. The Hall–Kier alpha value is -0.690. The van der Waals surface area contributed by atoms with Crippen molar-refractivity contribution in [1.82, 2.24) is 15.1 Å². The molecular formula is C14H29N3O3. The van der Waals surface area contributed by atoms with E-state index in [0.29, 0.717) is 25.7 Å². The van der Waals surface area contributed by atoms with E-state index >= 15 is 0 Å². The third-order valence-corrected chi connectivity index (χ3v) is 3.70. The normalized spacial score (nSPS) is 17.5. The van der Waals surface area contributed by atoms with Gasteiger partial charge in [-0.15, -0.1) is 0 Å². The number of carbonyl (C=O) groups is 1. The molecule has 1 atom stereocenters. The first kappa shape index (κ1) is 17.4. The van der Waals surface area contributed by atoms with Gasteiger partial charge in [-0.2, -0.15) is 0 Å². The predicted molar refractivity (Wildman–Crippen MR) is 78.9 cm³/mol. The summed E-state index contributed by atoms with van der Waals surface area (Å²) in [6.45, 7) is 8.51. The first-order chi connectivity index (χ1) is 9.69. The molecule has 6 heteroatoms. The van der Waals surface area contributed by atoms with E-state index in [4.69, 9.17) is 9.47 Å². The summed E-state index contributed by atoms with van der Waals surface area (Å²) in [5.74, 6) is 0.249. The van der Waals surface area contributed by atoms with Crippen molar-refractivity contribution in [2.45, 2.75) is 19.4 Å². The fourth-order valence-electron chi connectivity index (χ4n) is 2.42. The summed E-state index contributed by atoms with van der Waals surface area (Å²) in [5.41, 5.74) is 0. The topological polar surface area (TPSA) is 54.0 Å². The predicted octanol–water partition coefficient (Wildman–Crippen LogP) is -0.208. The smallest absolute Gasteiger partial charge is 0.223 e. The van der Waals surface area contributed by atoms with E-state index in [0.717, 1.165) is 39.3 Å². The number of carbonyl (C=O) groups excluding carboxylic acids is 1. The Morgan fingerprint density at radius 1 is 1.25 bits per heavy atom. The van der Waals surface area contributed by atoms with Crippen LogP contribution in [0.15, 0.2) is 0 Å². The molecule has 0 aliphatic carbocycles. The number of hydrogen-bond donors (Lipinski definition) is 1. The quantitative estimate of drug-likeness (QED) is 0.636. The molecule has 118 valence electrons. The van der Waals surface area contributed by atoms with Gasteiger partial charge >= 0.3 is 0 Å². The van der Waals surface area contributed by atoms with Gasteiger partial charge in [0.15, 0.2) is 0 Å². The molecule has 1 fully saturated rings. The summed E-state index contributed by atoms with van der Waals surface area (Å²) in [6, 6.07) is 0.297. The number of hydrogen-bond acceptors (Lipinski definition) is 5. The average Bonchev–Trinajstić information content (AvgIpc) is 2.48. The Balaban J connectivity index is 2.37. The molecule has 1 aliphatic heterocycles. The molecule has 1 heterocycles. The second-order valence-corrected chi connectivity index (χ2v) is 5.21. The molecule has 1 unspecified atom stereocenters. The lowest BCUT2D eigenvalue weighted by Gasteiger charge is -2.31. The maximum absolute atomic E-state index is 12.2. The van der Waals surface area contributed by atoms with E-state index in [9.17, 15) is 4.79 Å². The van der Waals surface area contributed by atoms with Crippen molar-refractivity contribution in [2.24, 2.45) is 0 Å². The van der Waals surface area contributed by atoms with Crippen molar-refractivity contribution in [3.05, 3.63) is 0 Å². The lowest BCUT2D eigenvalue weighted by Crippen LogP contribution is -2.47. The highest BCUT2D eigenvalue weighted by Gasteiger charge is 2.19. The first-order valence-electron chi connectivity index (χ1n) is 7.39. The molecular weight excluding hydrogens is 258 g/mol. The van der Waals surface area contributed by atoms with Crippen LogP contribution < -0.4 is 5.32 Å². The summed E-state index contributed by atoms with van der Waals surface area (Å²) < 4.78 is 10.3. The fourth-order valence-corrected chi connectivity index (χ4v) is 2.42. The third kappa shape index (κ3) is 6.17. The molecule has 1 N–H and O–H groups in total. The minimum absolute atomic E-state index is 0.249. The molecule has 0 aromatic rings. The van der Waals surface area contributed by atoms with Gasteiger partial charge in [0.25, 0.3) is 0 Å². The van der Waals surface area contributed by atoms with Crippen molar-refractivity contribution in [3.8, 4) is 0 Å². The van der Waals surface area contributed by atoms with Crippen LogP contribution in [0.3, 0.4) is 0 Å². The van der Waals surface area contributed by atoms with Gasteiger partial charge in [-0.25, -0.2) is 0 Å². The molecule has 1 aliphatic rings. The Labute approximate surface area is 122 Å². The van der Waals surface area contributed by atoms with Gasteiger partial charge in [-0.05, 0) is 6.92 Å². The molecule has 1 rings (SSSR count). The minimum atomic E-state index is 0.249. The van der Waals surface area contributed by atoms with Crippen LogP contribution in [0.5, 0.6) is 0 Å². The van der Waals surface area contributed by atoms with Gasteiger partial charge in [0.2, 0.25) is 5.91 Å². The summed E-state index contributed by atoms with van der Waals surface area (Å²) in [5, 5.41) is 3.26. The summed E-state index contributed by atoms with van der Waals surface area (Å²) in [7, 11) is 3.40. The second-order valence-electron chi connectivity index (χ2n) is 5.21. The minimum Gasteiger partial charge on any atom is -0.383 e. The zero-order chi connectivity index (χ0) is 14.8. The van der Waals surface area contributed by atoms with E-state index < -0.39 is 0 Å². The number of nitrogens with zero attached hydrogens (tertiary/aromatic N) is 2. The van der Waals surface area contributed by atoms with Crippen molar-refractivity contribution in [1.29, 1.82) is 0 Å². The van der Waals surface area contributed by atoms with Crippen LogP contribution in [-0.2, 0) is 14.3 Å². The number of piperazine rings is 1. The lowest BCUT2D eigenvalue weighted by molar-refractivity contribution is -0.132. The highest BCUT2D eigenvalue weighted by Crippen LogP contribution is 2.04. The lowest BCUT2D eigenvalue weighted by atomic mass is 10.2. The first-order valence-corrected chi connectivity index (χ1v) is 7.39. The summed E-state index contributed by atoms with van der Waals surface area (Å²) in [6.07, 6.45) is 0.567. The van der Waals surface area contributed by atoms with E-state index in [1.165, 1.54) is 0 Å². The van der Waals surface area contributed by atoms with Crippen LogP contribution in [0.25, 0.3) is 0 Å². The summed E-state index contributed by atoms with van der Waals surface area (Å²) >= 11 is 0. The number of ether oxygens (including phenoxy) is 2. The molecule has 0 spiro atoms. The number of rotatable bonds is 9. The van der Waals surface area contributed by atoms with Gasteiger partial charge < -0.3 is 19.7 Å². The molecule has 0 saturated carbocycles. The van der Waals surface area contributed by atoms with Crippen molar-refractivity contribution in [3.63, 3.8) is 0 Å². The van der Waals surface area contributed by atoms with Crippen LogP contribution >= 0.6 is 0 Å². The largest absolute Gasteiger partial charge is 0.383 e. The molecule has 1 amide bonds. The van der Waals surface area contributed by atoms with Crippen LogP contribution in [0.4, 0.5) is 0 Å². The van der Waals surface area contributed by atoms with Gasteiger partial charge in [0, 0.05) is 66.0 Å². The van der Waals surface area contributed by atoms with Crippen molar-refractivity contribution >= 4 is 5.91 Å². The average molecular weight is 287 g/mol. The van der Waals surface area contributed by atoms with Gasteiger partial charge in [0.1, 0.15) is 0 Å². The monoisotopic (exact) mass is 287 g/mol. The van der Waals surface area contributed by atoms with Crippen molar-refractivity contribution in [2.75, 3.05) is 66.7 Å². The van der Waals surface area contributed by atoms with E-state index in [1.54, 1.807) is 14.2 Å². The van der Waals surface area contributed by atoms with Crippen LogP contribution in [-0.4, -0.2) is 88.5 Å². The molecule has 6 nitrogen and oxygen atoms in total. The van der Waals surface area contributed by atoms with Crippen LogP contribution in [0.2, 0.25) is 0 Å². The SMILES string of the molecule is COCCN(CCC(=O)N1CCNCC1)C(C)COC. The zero-order valence-electron chi connectivity index (χ0n) is 13.1. The Morgan fingerprint density at radius 2 is 1.95 bits per heavy atom. The third-order valence-electron chi connectivity index (χ3n) is 3.70. The zero-order valence-corrected chi connectivity index (χ0v) is 13.1. The Kier molecular flexibility index (Phi) is 8.77.